The summed E-state index contributed by atoms with van der Waals surface area (Å²) in [6.45, 7) is -2.59. The molecule has 0 saturated heterocycles. The molecule has 0 aromatic heterocycles. The predicted octanol–water partition coefficient (Wildman–Crippen LogP) is 1.21. The number of carbonyl (C=O) groups is 1. The third kappa shape index (κ3) is 5.37. The van der Waals surface area contributed by atoms with Crippen LogP contribution < -0.4 is 20.5 Å². The number of hydrogen-bond donors (Lipinski definition) is 2. The summed E-state index contributed by atoms with van der Waals surface area (Å²) in [5, 5.41) is 2.48. The zero-order valence-corrected chi connectivity index (χ0v) is 10.9. The number of nitrogens with two attached hydrogens (primary N) is 1. The van der Waals surface area contributed by atoms with E-state index < -0.39 is 12.5 Å². The van der Waals surface area contributed by atoms with Crippen LogP contribution in [0.25, 0.3) is 0 Å². The molecule has 1 aromatic rings. The summed E-state index contributed by atoms with van der Waals surface area (Å²) < 4.78 is 38.6. The lowest BCUT2D eigenvalue weighted by atomic mass is 10.2. The van der Waals surface area contributed by atoms with E-state index in [0.29, 0.717) is 12.2 Å². The lowest BCUT2D eigenvalue weighted by Crippen LogP contribution is -2.20. The highest BCUT2D eigenvalue weighted by Gasteiger charge is 2.12. The van der Waals surface area contributed by atoms with E-state index in [-0.39, 0.29) is 24.7 Å². The third-order valence-corrected chi connectivity index (χ3v) is 2.16. The maximum Gasteiger partial charge on any atom is 0.387 e. The molecule has 8 heteroatoms. The van der Waals surface area contributed by atoms with Crippen molar-refractivity contribution in [3.05, 3.63) is 18.2 Å². The van der Waals surface area contributed by atoms with E-state index in [2.05, 4.69) is 10.1 Å². The number of alkyl halides is 2. The van der Waals surface area contributed by atoms with E-state index in [9.17, 15) is 13.6 Å². The van der Waals surface area contributed by atoms with Crippen molar-refractivity contribution in [2.24, 2.45) is 5.73 Å². The monoisotopic (exact) mass is 290 g/mol. The van der Waals surface area contributed by atoms with Crippen molar-refractivity contribution >= 4 is 11.6 Å². The highest BCUT2D eigenvalue weighted by Crippen LogP contribution is 2.31. The van der Waals surface area contributed by atoms with Gasteiger partial charge in [-0.3, -0.25) is 4.79 Å². The largest absolute Gasteiger partial charge is 0.493 e. The number of hydrogen-bond acceptors (Lipinski definition) is 5. The molecule has 1 aromatic carbocycles. The molecular weight excluding hydrogens is 274 g/mol. The average molecular weight is 290 g/mol. The Balaban J connectivity index is 2.68. The first-order valence-electron chi connectivity index (χ1n) is 5.77. The first kappa shape index (κ1) is 16.1. The van der Waals surface area contributed by atoms with E-state index in [1.165, 1.54) is 25.3 Å². The molecule has 0 unspecified atom stereocenters. The Kier molecular flexibility index (Phi) is 6.68. The van der Waals surface area contributed by atoms with Gasteiger partial charge in [-0.05, 0) is 12.1 Å². The fourth-order valence-electron chi connectivity index (χ4n) is 1.39. The number of ether oxygens (including phenoxy) is 3. The Morgan fingerprint density at radius 2 is 2.15 bits per heavy atom. The molecule has 20 heavy (non-hydrogen) atoms. The molecule has 0 aliphatic carbocycles. The van der Waals surface area contributed by atoms with Crippen LogP contribution in [0.4, 0.5) is 14.5 Å². The standard InChI is InChI=1S/C12H16F2N2O4/c1-18-9-3-2-8(6-10(9)20-12(13)14)16-11(17)7-19-5-4-15/h2-3,6,12H,4-5,7,15H2,1H3,(H,16,17). The number of halogens is 2. The molecule has 0 atom stereocenters. The van der Waals surface area contributed by atoms with Gasteiger partial charge < -0.3 is 25.3 Å². The zero-order chi connectivity index (χ0) is 15.0. The fourth-order valence-corrected chi connectivity index (χ4v) is 1.39. The van der Waals surface area contributed by atoms with E-state index in [0.717, 1.165) is 0 Å². The third-order valence-electron chi connectivity index (χ3n) is 2.16. The molecule has 0 bridgehead atoms. The van der Waals surface area contributed by atoms with Crippen LogP contribution in [0.5, 0.6) is 11.5 Å². The highest BCUT2D eigenvalue weighted by molar-refractivity contribution is 5.92. The van der Waals surface area contributed by atoms with Gasteiger partial charge in [0.25, 0.3) is 0 Å². The van der Waals surface area contributed by atoms with Crippen molar-refractivity contribution < 1.29 is 27.8 Å². The zero-order valence-electron chi connectivity index (χ0n) is 10.9. The summed E-state index contributed by atoms with van der Waals surface area (Å²) in [6.07, 6.45) is 0. The van der Waals surface area contributed by atoms with Crippen LogP contribution in [0.2, 0.25) is 0 Å². The minimum absolute atomic E-state index is 0.141. The fraction of sp³-hybridized carbons (Fsp3) is 0.417. The molecule has 0 saturated carbocycles. The minimum Gasteiger partial charge on any atom is -0.493 e. The molecule has 0 aliphatic rings. The van der Waals surface area contributed by atoms with E-state index in [1.54, 1.807) is 0 Å². The van der Waals surface area contributed by atoms with E-state index in [4.69, 9.17) is 15.2 Å². The molecule has 0 fully saturated rings. The molecule has 1 rings (SSSR count). The summed E-state index contributed by atoms with van der Waals surface area (Å²) in [7, 11) is 1.33. The van der Waals surface area contributed by atoms with E-state index >= 15 is 0 Å². The van der Waals surface area contributed by atoms with Crippen LogP contribution in [0.3, 0.4) is 0 Å². The van der Waals surface area contributed by atoms with E-state index in [1.807, 2.05) is 0 Å². The number of carbonyl (C=O) groups excluding carboxylic acids is 1. The molecule has 0 spiro atoms. The molecule has 3 N–H and O–H groups in total. The molecule has 112 valence electrons. The summed E-state index contributed by atoms with van der Waals surface area (Å²) in [6, 6.07) is 4.15. The van der Waals surface area contributed by atoms with Crippen molar-refractivity contribution in [2.75, 3.05) is 32.2 Å². The molecule has 0 heterocycles. The van der Waals surface area contributed by atoms with Crippen LogP contribution in [-0.4, -0.2) is 39.4 Å². The second-order valence-electron chi connectivity index (χ2n) is 3.63. The quantitative estimate of drug-likeness (QED) is 0.703. The number of methoxy groups -OCH3 is 1. The Morgan fingerprint density at radius 1 is 1.40 bits per heavy atom. The smallest absolute Gasteiger partial charge is 0.387 e. The van der Waals surface area contributed by atoms with Crippen LogP contribution in [0.1, 0.15) is 0 Å². The van der Waals surface area contributed by atoms with Crippen molar-refractivity contribution in [3.8, 4) is 11.5 Å². The Labute approximate surface area is 114 Å². The van der Waals surface area contributed by atoms with Gasteiger partial charge in [-0.2, -0.15) is 8.78 Å². The van der Waals surface area contributed by atoms with Gasteiger partial charge in [0.1, 0.15) is 6.61 Å². The second-order valence-corrected chi connectivity index (χ2v) is 3.63. The maximum absolute atomic E-state index is 12.2. The van der Waals surface area contributed by atoms with Crippen LogP contribution in [0, 0.1) is 0 Å². The topological polar surface area (TPSA) is 82.8 Å². The van der Waals surface area contributed by atoms with Gasteiger partial charge in [0, 0.05) is 18.3 Å². The first-order chi connectivity index (χ1) is 9.56. The highest BCUT2D eigenvalue weighted by atomic mass is 19.3. The van der Waals surface area contributed by atoms with Crippen LogP contribution >= 0.6 is 0 Å². The van der Waals surface area contributed by atoms with Crippen molar-refractivity contribution in [1.82, 2.24) is 0 Å². The first-order valence-corrected chi connectivity index (χ1v) is 5.77. The second kappa shape index (κ2) is 8.28. The van der Waals surface area contributed by atoms with Gasteiger partial charge in [-0.15, -0.1) is 0 Å². The number of rotatable bonds is 8. The summed E-state index contributed by atoms with van der Waals surface area (Å²) >= 11 is 0. The van der Waals surface area contributed by atoms with Crippen molar-refractivity contribution in [2.45, 2.75) is 6.61 Å². The summed E-state index contributed by atoms with van der Waals surface area (Å²) in [4.78, 5) is 11.5. The van der Waals surface area contributed by atoms with Gasteiger partial charge >= 0.3 is 6.61 Å². The van der Waals surface area contributed by atoms with Crippen molar-refractivity contribution in [3.63, 3.8) is 0 Å². The predicted molar refractivity (Wildman–Crippen MR) is 68.1 cm³/mol. The molecule has 0 radical (unpaired) electrons. The molecule has 0 aliphatic heterocycles. The number of amides is 1. The van der Waals surface area contributed by atoms with Gasteiger partial charge in [-0.1, -0.05) is 0 Å². The Bertz CT molecular complexity index is 443. The lowest BCUT2D eigenvalue weighted by molar-refractivity contribution is -0.120. The number of anilines is 1. The Morgan fingerprint density at radius 3 is 2.75 bits per heavy atom. The Hall–Kier alpha value is -1.93. The molecule has 6 nitrogen and oxygen atoms in total. The lowest BCUT2D eigenvalue weighted by Gasteiger charge is -2.12. The van der Waals surface area contributed by atoms with Crippen LogP contribution in [0.15, 0.2) is 18.2 Å². The SMILES string of the molecule is COc1ccc(NC(=O)COCCN)cc1OC(F)F. The molecule has 1 amide bonds. The van der Waals surface area contributed by atoms with Gasteiger partial charge in [0.15, 0.2) is 11.5 Å². The maximum atomic E-state index is 12.2. The summed E-state index contributed by atoms with van der Waals surface area (Å²) in [5.41, 5.74) is 5.50. The minimum atomic E-state index is -2.98. The molecular formula is C12H16F2N2O4. The number of benzene rings is 1. The van der Waals surface area contributed by atoms with Gasteiger partial charge in [0.2, 0.25) is 5.91 Å². The van der Waals surface area contributed by atoms with Gasteiger partial charge in [-0.25, -0.2) is 0 Å². The number of nitrogens with one attached hydrogen (secondary N) is 1. The average Bonchev–Trinajstić information content (AvgIpc) is 2.38. The normalized spacial score (nSPS) is 10.4. The summed E-state index contributed by atoms with van der Waals surface area (Å²) in [5.74, 6) is -0.447. The van der Waals surface area contributed by atoms with Gasteiger partial charge in [0.05, 0.1) is 13.7 Å². The van der Waals surface area contributed by atoms with Crippen molar-refractivity contribution in [1.29, 1.82) is 0 Å². The van der Waals surface area contributed by atoms with Crippen LogP contribution in [-0.2, 0) is 9.53 Å².